The van der Waals surface area contributed by atoms with Crippen molar-refractivity contribution in [2.45, 2.75) is 12.5 Å². The Morgan fingerprint density at radius 1 is 1.27 bits per heavy atom. The van der Waals surface area contributed by atoms with Crippen LogP contribution < -0.4 is 11.1 Å². The minimum absolute atomic E-state index is 0.146. The molecule has 1 atom stereocenters. The van der Waals surface area contributed by atoms with Crippen molar-refractivity contribution >= 4 is 29.1 Å². The molecule has 0 aromatic carbocycles. The summed E-state index contributed by atoms with van der Waals surface area (Å²) in [5, 5.41) is 4.16. The first-order chi connectivity index (χ1) is 12.6. The van der Waals surface area contributed by atoms with Gasteiger partial charge in [-0.05, 0) is 35.3 Å². The second kappa shape index (κ2) is 7.70. The predicted octanol–water partition coefficient (Wildman–Crippen LogP) is 0.929. The van der Waals surface area contributed by atoms with Crippen LogP contribution >= 0.6 is 11.5 Å². The predicted molar refractivity (Wildman–Crippen MR) is 95.3 cm³/mol. The van der Waals surface area contributed by atoms with Crippen LogP contribution in [0.15, 0.2) is 48.2 Å². The monoisotopic (exact) mass is 369 g/mol. The highest BCUT2D eigenvalue weighted by Crippen LogP contribution is 2.22. The van der Waals surface area contributed by atoms with E-state index in [0.29, 0.717) is 11.4 Å². The molecule has 1 unspecified atom stereocenters. The number of nitrogens with two attached hydrogens (primary N) is 1. The number of nitrogens with zero attached hydrogens (tertiary/aromatic N) is 2. The lowest BCUT2D eigenvalue weighted by Crippen LogP contribution is -2.47. The lowest BCUT2D eigenvalue weighted by atomic mass is 10.0. The molecule has 3 heterocycles. The largest absolute Gasteiger partial charge is 0.367 e. The standard InChI is InChI=1S/C17H15N5O3S/c18-16(24)15(23)13(7-10-4-6-19-8-10)21-17(25)11-9-26-22-14(11)12-3-1-2-5-20-12/h1-6,8-9,13,19H,7H2,(H2,18,24)(H,21,25). The van der Waals surface area contributed by atoms with Crippen LogP contribution in [0.25, 0.3) is 11.4 Å². The van der Waals surface area contributed by atoms with Crippen molar-refractivity contribution in [2.24, 2.45) is 5.73 Å². The molecular weight excluding hydrogens is 354 g/mol. The van der Waals surface area contributed by atoms with Crippen molar-refractivity contribution in [2.75, 3.05) is 0 Å². The maximum absolute atomic E-state index is 12.7. The maximum Gasteiger partial charge on any atom is 0.287 e. The Balaban J connectivity index is 1.83. The maximum atomic E-state index is 12.7. The van der Waals surface area contributed by atoms with E-state index in [4.69, 9.17) is 5.73 Å². The van der Waals surface area contributed by atoms with Gasteiger partial charge < -0.3 is 16.0 Å². The fourth-order valence-electron chi connectivity index (χ4n) is 2.42. The molecule has 9 heteroatoms. The van der Waals surface area contributed by atoms with Crippen LogP contribution in [0, 0.1) is 0 Å². The summed E-state index contributed by atoms with van der Waals surface area (Å²) in [6.45, 7) is 0. The fourth-order valence-corrected chi connectivity index (χ4v) is 3.10. The number of primary amides is 1. The minimum atomic E-state index is -1.10. The zero-order valence-electron chi connectivity index (χ0n) is 13.5. The summed E-state index contributed by atoms with van der Waals surface area (Å²) in [6, 6.07) is 5.96. The second-order valence-corrected chi connectivity index (χ2v) is 6.10. The van der Waals surface area contributed by atoms with E-state index in [9.17, 15) is 14.4 Å². The van der Waals surface area contributed by atoms with Gasteiger partial charge in [-0.3, -0.25) is 19.4 Å². The van der Waals surface area contributed by atoms with Crippen LogP contribution in [0.4, 0.5) is 0 Å². The molecule has 8 nitrogen and oxygen atoms in total. The molecule has 0 bridgehead atoms. The highest BCUT2D eigenvalue weighted by molar-refractivity contribution is 7.04. The van der Waals surface area contributed by atoms with Crippen LogP contribution in [0.5, 0.6) is 0 Å². The molecule has 0 saturated carbocycles. The molecule has 0 fully saturated rings. The summed E-state index contributed by atoms with van der Waals surface area (Å²) < 4.78 is 4.21. The van der Waals surface area contributed by atoms with E-state index in [1.165, 1.54) is 0 Å². The van der Waals surface area contributed by atoms with Gasteiger partial charge in [0, 0.05) is 30.4 Å². The molecule has 0 aliphatic heterocycles. The average molecular weight is 369 g/mol. The van der Waals surface area contributed by atoms with Crippen LogP contribution in [-0.4, -0.2) is 38.0 Å². The fraction of sp³-hybridized carbons (Fsp3) is 0.118. The summed E-state index contributed by atoms with van der Waals surface area (Å²) in [7, 11) is 0. The van der Waals surface area contributed by atoms with Gasteiger partial charge in [0.1, 0.15) is 11.7 Å². The van der Waals surface area contributed by atoms with Crippen LogP contribution in [0.1, 0.15) is 15.9 Å². The number of carbonyl (C=O) groups excluding carboxylic acids is 3. The van der Waals surface area contributed by atoms with Gasteiger partial charge in [0.2, 0.25) is 5.78 Å². The van der Waals surface area contributed by atoms with Gasteiger partial charge in [0.25, 0.3) is 11.8 Å². The van der Waals surface area contributed by atoms with E-state index in [2.05, 4.69) is 19.7 Å². The summed E-state index contributed by atoms with van der Waals surface area (Å²) >= 11 is 1.10. The lowest BCUT2D eigenvalue weighted by molar-refractivity contribution is -0.137. The Labute approximate surface area is 152 Å². The number of H-pyrrole nitrogens is 1. The van der Waals surface area contributed by atoms with Crippen molar-refractivity contribution in [3.63, 3.8) is 0 Å². The smallest absolute Gasteiger partial charge is 0.287 e. The molecule has 3 aromatic rings. The first-order valence-electron chi connectivity index (χ1n) is 7.68. The third-order valence-electron chi connectivity index (χ3n) is 3.69. The van der Waals surface area contributed by atoms with E-state index in [0.717, 1.165) is 17.1 Å². The van der Waals surface area contributed by atoms with Gasteiger partial charge in [0.15, 0.2) is 0 Å². The van der Waals surface area contributed by atoms with E-state index in [1.807, 2.05) is 0 Å². The zero-order chi connectivity index (χ0) is 18.5. The molecule has 0 saturated heterocycles. The number of hydrogen-bond donors (Lipinski definition) is 3. The third-order valence-corrected chi connectivity index (χ3v) is 4.32. The van der Waals surface area contributed by atoms with Crippen molar-refractivity contribution in [3.8, 4) is 11.4 Å². The normalized spacial score (nSPS) is 11.7. The van der Waals surface area contributed by atoms with Gasteiger partial charge in [-0.15, -0.1) is 0 Å². The van der Waals surface area contributed by atoms with Crippen molar-refractivity contribution < 1.29 is 14.4 Å². The van der Waals surface area contributed by atoms with Crippen LogP contribution in [0.2, 0.25) is 0 Å². The molecule has 2 amide bonds. The molecular formula is C17H15N5O3S. The first kappa shape index (κ1) is 17.5. The number of amides is 2. The number of carbonyl (C=O) groups is 3. The molecule has 0 spiro atoms. The SMILES string of the molecule is NC(=O)C(=O)C(Cc1cc[nH]c1)NC(=O)c1csnc1-c1ccccn1. The second-order valence-electron chi connectivity index (χ2n) is 5.47. The molecule has 3 aromatic heterocycles. The van der Waals surface area contributed by atoms with Crippen molar-refractivity contribution in [3.05, 3.63) is 59.4 Å². The molecule has 132 valence electrons. The van der Waals surface area contributed by atoms with Crippen molar-refractivity contribution in [1.29, 1.82) is 0 Å². The topological polar surface area (TPSA) is 131 Å². The van der Waals surface area contributed by atoms with Crippen LogP contribution in [0.3, 0.4) is 0 Å². The van der Waals surface area contributed by atoms with Gasteiger partial charge >= 0.3 is 0 Å². The lowest BCUT2D eigenvalue weighted by Gasteiger charge is -2.15. The highest BCUT2D eigenvalue weighted by atomic mass is 32.1. The number of aromatic amines is 1. The first-order valence-corrected chi connectivity index (χ1v) is 8.52. The van der Waals surface area contributed by atoms with Crippen molar-refractivity contribution in [1.82, 2.24) is 19.7 Å². The Hall–Kier alpha value is -3.33. The average Bonchev–Trinajstić information content (AvgIpc) is 3.32. The number of hydrogen-bond acceptors (Lipinski definition) is 6. The van der Waals surface area contributed by atoms with E-state index in [1.54, 1.807) is 48.2 Å². The summed E-state index contributed by atoms with van der Waals surface area (Å²) in [5.41, 5.74) is 7.12. The summed E-state index contributed by atoms with van der Waals surface area (Å²) in [6.07, 6.45) is 5.11. The molecule has 3 rings (SSSR count). The number of nitrogens with one attached hydrogen (secondary N) is 2. The number of Topliss-reactive ketones (excluding diaryl/α,β-unsaturated/α-hetero) is 1. The molecule has 0 radical (unpaired) electrons. The van der Waals surface area contributed by atoms with Gasteiger partial charge in [0.05, 0.1) is 11.3 Å². The van der Waals surface area contributed by atoms with Gasteiger partial charge in [-0.1, -0.05) is 6.07 Å². The van der Waals surface area contributed by atoms with Gasteiger partial charge in [-0.2, -0.15) is 4.37 Å². The third kappa shape index (κ3) is 3.83. The number of aromatic nitrogens is 3. The van der Waals surface area contributed by atoms with Gasteiger partial charge in [-0.25, -0.2) is 0 Å². The van der Waals surface area contributed by atoms with E-state index >= 15 is 0 Å². The Morgan fingerprint density at radius 2 is 2.12 bits per heavy atom. The molecule has 26 heavy (non-hydrogen) atoms. The summed E-state index contributed by atoms with van der Waals surface area (Å²) in [4.78, 5) is 43.1. The Bertz CT molecular complexity index is 921. The number of ketones is 1. The highest BCUT2D eigenvalue weighted by Gasteiger charge is 2.27. The van der Waals surface area contributed by atoms with E-state index < -0.39 is 23.6 Å². The number of rotatable bonds is 7. The molecule has 0 aliphatic carbocycles. The Morgan fingerprint density at radius 3 is 2.77 bits per heavy atom. The summed E-state index contributed by atoms with van der Waals surface area (Å²) in [5.74, 6) is -2.48. The number of pyridine rings is 1. The minimum Gasteiger partial charge on any atom is -0.367 e. The van der Waals surface area contributed by atoms with E-state index in [-0.39, 0.29) is 12.0 Å². The Kier molecular flexibility index (Phi) is 5.18. The molecule has 4 N–H and O–H groups in total. The zero-order valence-corrected chi connectivity index (χ0v) is 14.3. The molecule has 0 aliphatic rings. The quantitative estimate of drug-likeness (QED) is 0.533. The van der Waals surface area contributed by atoms with Crippen LogP contribution in [-0.2, 0) is 16.0 Å².